The van der Waals surface area contributed by atoms with Crippen LogP contribution in [-0.2, 0) is 19.2 Å². The van der Waals surface area contributed by atoms with Crippen LogP contribution in [0.25, 0.3) is 0 Å². The largest absolute Gasteiger partial charge is 0.480 e. The predicted octanol–water partition coefficient (Wildman–Crippen LogP) is -1.73. The van der Waals surface area contributed by atoms with Crippen molar-refractivity contribution >= 4 is 23.7 Å². The Bertz CT molecular complexity index is 608. The van der Waals surface area contributed by atoms with Crippen LogP contribution in [0.5, 0.6) is 0 Å². The first-order valence-corrected chi connectivity index (χ1v) is 9.23. The molecule has 0 radical (unpaired) electrons. The molecule has 10 nitrogen and oxygen atoms in total. The maximum Gasteiger partial charge on any atom is 0.326 e. The smallest absolute Gasteiger partial charge is 0.326 e. The van der Waals surface area contributed by atoms with Crippen LogP contribution in [0.1, 0.15) is 39.5 Å². The molecular weight excluding hydrogens is 356 g/mol. The van der Waals surface area contributed by atoms with Crippen molar-refractivity contribution in [2.75, 3.05) is 13.1 Å². The first-order chi connectivity index (χ1) is 12.6. The zero-order valence-electron chi connectivity index (χ0n) is 15.6. The molecule has 27 heavy (non-hydrogen) atoms. The first kappa shape index (κ1) is 21.1. The molecule has 5 N–H and O–H groups in total. The summed E-state index contributed by atoms with van der Waals surface area (Å²) in [6.07, 6.45) is 0.739. The summed E-state index contributed by atoms with van der Waals surface area (Å²) in [5.74, 6) is -2.64. The molecule has 5 atom stereocenters. The number of hydrogen-bond acceptors (Lipinski definition) is 6. The minimum atomic E-state index is -1.27. The number of likely N-dealkylation sites (tertiary alicyclic amines) is 2. The zero-order chi connectivity index (χ0) is 20.3. The molecule has 5 unspecified atom stereocenters. The van der Waals surface area contributed by atoms with Crippen molar-refractivity contribution in [3.05, 3.63) is 0 Å². The Kier molecular flexibility index (Phi) is 6.77. The van der Waals surface area contributed by atoms with Gasteiger partial charge in [0.15, 0.2) is 0 Å². The van der Waals surface area contributed by atoms with Crippen LogP contribution in [0.3, 0.4) is 0 Å². The lowest BCUT2D eigenvalue weighted by atomic mass is 10.1. The van der Waals surface area contributed by atoms with E-state index in [0.717, 1.165) is 0 Å². The molecule has 152 valence electrons. The second-order valence-electron chi connectivity index (χ2n) is 7.23. The van der Waals surface area contributed by atoms with Crippen molar-refractivity contribution in [2.24, 2.45) is 5.73 Å². The van der Waals surface area contributed by atoms with Crippen LogP contribution >= 0.6 is 0 Å². The van der Waals surface area contributed by atoms with E-state index in [9.17, 15) is 29.4 Å². The highest BCUT2D eigenvalue weighted by Gasteiger charge is 2.41. The van der Waals surface area contributed by atoms with Gasteiger partial charge in [0.05, 0.1) is 12.1 Å². The Balaban J connectivity index is 2.11. The summed E-state index contributed by atoms with van der Waals surface area (Å²) < 4.78 is 0. The minimum absolute atomic E-state index is 0.258. The highest BCUT2D eigenvalue weighted by molar-refractivity contribution is 5.94. The molecule has 0 aromatic heterocycles. The van der Waals surface area contributed by atoms with Crippen molar-refractivity contribution in [2.45, 2.75) is 69.8 Å². The second kappa shape index (κ2) is 8.66. The first-order valence-electron chi connectivity index (χ1n) is 9.23. The summed E-state index contributed by atoms with van der Waals surface area (Å²) in [5.41, 5.74) is 5.62. The normalized spacial score (nSPS) is 25.8. The third-order valence-corrected chi connectivity index (χ3v) is 5.10. The predicted molar refractivity (Wildman–Crippen MR) is 94.4 cm³/mol. The number of aliphatic hydroxyl groups is 1. The van der Waals surface area contributed by atoms with Gasteiger partial charge in [0, 0.05) is 13.1 Å². The second-order valence-corrected chi connectivity index (χ2v) is 7.23. The van der Waals surface area contributed by atoms with Gasteiger partial charge < -0.3 is 31.1 Å². The Labute approximate surface area is 157 Å². The van der Waals surface area contributed by atoms with Crippen molar-refractivity contribution < 1.29 is 29.4 Å². The van der Waals surface area contributed by atoms with E-state index in [2.05, 4.69) is 5.32 Å². The van der Waals surface area contributed by atoms with Crippen molar-refractivity contribution in [1.82, 2.24) is 15.1 Å². The topological polar surface area (TPSA) is 153 Å². The van der Waals surface area contributed by atoms with Crippen molar-refractivity contribution in [3.8, 4) is 0 Å². The van der Waals surface area contributed by atoms with Gasteiger partial charge in [-0.2, -0.15) is 0 Å². The quantitative estimate of drug-likeness (QED) is 0.424. The van der Waals surface area contributed by atoms with Crippen LogP contribution in [0, 0.1) is 0 Å². The highest BCUT2D eigenvalue weighted by Crippen LogP contribution is 2.21. The lowest BCUT2D eigenvalue weighted by Gasteiger charge is -2.31. The number of aliphatic hydroxyl groups excluding tert-OH is 1. The van der Waals surface area contributed by atoms with E-state index in [4.69, 9.17) is 5.73 Å². The van der Waals surface area contributed by atoms with Crippen LogP contribution in [0.4, 0.5) is 0 Å². The number of carboxylic acids is 1. The molecule has 10 heteroatoms. The minimum Gasteiger partial charge on any atom is -0.480 e. The van der Waals surface area contributed by atoms with Crippen molar-refractivity contribution in [3.63, 3.8) is 0 Å². The summed E-state index contributed by atoms with van der Waals surface area (Å²) in [6, 6.07) is -3.73. The number of aliphatic carboxylic acids is 1. The van der Waals surface area contributed by atoms with Gasteiger partial charge in [-0.05, 0) is 39.5 Å². The number of amides is 3. The number of rotatable bonds is 6. The van der Waals surface area contributed by atoms with Gasteiger partial charge in [-0.25, -0.2) is 4.79 Å². The lowest BCUT2D eigenvalue weighted by molar-refractivity contribution is -0.151. The molecule has 2 aliphatic heterocycles. The number of carbonyl (C=O) groups excluding carboxylic acids is 3. The molecule has 2 heterocycles. The van der Waals surface area contributed by atoms with Gasteiger partial charge in [-0.3, -0.25) is 14.4 Å². The molecule has 0 spiro atoms. The number of hydrogen-bond donors (Lipinski definition) is 4. The third-order valence-electron chi connectivity index (χ3n) is 5.10. The molecular formula is C17H28N4O6. The maximum absolute atomic E-state index is 12.8. The third kappa shape index (κ3) is 4.56. The van der Waals surface area contributed by atoms with Gasteiger partial charge in [0.2, 0.25) is 17.7 Å². The summed E-state index contributed by atoms with van der Waals surface area (Å²) in [7, 11) is 0. The van der Waals surface area contributed by atoms with Gasteiger partial charge in [0.1, 0.15) is 18.1 Å². The molecule has 0 aromatic rings. The molecule has 2 aliphatic rings. The SMILES string of the molecule is CC(N)C(=O)N1CCCC1C(=O)NC(C(=O)N1CCCC1C(=O)O)C(C)O. The number of carbonyl (C=O) groups is 4. The van der Waals surface area contributed by atoms with Gasteiger partial charge in [0.25, 0.3) is 0 Å². The summed E-state index contributed by atoms with van der Waals surface area (Å²) in [6.45, 7) is 3.55. The average Bonchev–Trinajstić information content (AvgIpc) is 3.26. The fourth-order valence-corrected chi connectivity index (χ4v) is 3.67. The molecule has 3 amide bonds. The van der Waals surface area contributed by atoms with E-state index in [-0.39, 0.29) is 12.5 Å². The Morgan fingerprint density at radius 3 is 2.00 bits per heavy atom. The number of nitrogens with two attached hydrogens (primary N) is 1. The van der Waals surface area contributed by atoms with Crippen LogP contribution in [0.15, 0.2) is 0 Å². The lowest BCUT2D eigenvalue weighted by Crippen LogP contribution is -2.59. The van der Waals surface area contributed by atoms with E-state index in [1.807, 2.05) is 0 Å². The van der Waals surface area contributed by atoms with E-state index >= 15 is 0 Å². The number of nitrogens with zero attached hydrogens (tertiary/aromatic N) is 2. The van der Waals surface area contributed by atoms with Crippen LogP contribution in [0.2, 0.25) is 0 Å². The summed E-state index contributed by atoms with van der Waals surface area (Å²) in [4.78, 5) is 51.5. The van der Waals surface area contributed by atoms with E-state index in [1.54, 1.807) is 0 Å². The summed E-state index contributed by atoms with van der Waals surface area (Å²) >= 11 is 0. The molecule has 2 rings (SSSR count). The van der Waals surface area contributed by atoms with Crippen molar-refractivity contribution in [1.29, 1.82) is 0 Å². The van der Waals surface area contributed by atoms with Crippen LogP contribution < -0.4 is 11.1 Å². The standard InChI is InChI=1S/C17H28N4O6/c1-9(18)15(24)20-7-3-5-11(20)14(23)19-13(10(2)22)16(25)21-8-4-6-12(21)17(26)27/h9-13,22H,3-8,18H2,1-2H3,(H,19,23)(H,26,27). The zero-order valence-corrected chi connectivity index (χ0v) is 15.6. The molecule has 0 saturated carbocycles. The average molecular weight is 384 g/mol. The van der Waals surface area contributed by atoms with E-state index in [1.165, 1.54) is 23.6 Å². The van der Waals surface area contributed by atoms with Gasteiger partial charge in [-0.1, -0.05) is 0 Å². The fourth-order valence-electron chi connectivity index (χ4n) is 3.67. The Morgan fingerprint density at radius 2 is 1.52 bits per heavy atom. The number of nitrogens with one attached hydrogen (secondary N) is 1. The summed E-state index contributed by atoms with van der Waals surface area (Å²) in [5, 5.41) is 21.8. The van der Waals surface area contributed by atoms with Gasteiger partial charge >= 0.3 is 5.97 Å². The van der Waals surface area contributed by atoms with E-state index in [0.29, 0.717) is 32.2 Å². The van der Waals surface area contributed by atoms with Gasteiger partial charge in [-0.15, -0.1) is 0 Å². The number of carboxylic acid groups (broad SMARTS) is 1. The highest BCUT2D eigenvalue weighted by atomic mass is 16.4. The molecule has 0 aliphatic carbocycles. The molecule has 2 fully saturated rings. The molecule has 0 bridgehead atoms. The Morgan fingerprint density at radius 1 is 1.00 bits per heavy atom. The van der Waals surface area contributed by atoms with E-state index < -0.39 is 48.1 Å². The van der Waals surface area contributed by atoms with Crippen LogP contribution in [-0.4, -0.2) is 87.1 Å². The monoisotopic (exact) mass is 384 g/mol. The molecule has 2 saturated heterocycles. The fraction of sp³-hybridized carbons (Fsp3) is 0.765. The molecule has 0 aromatic carbocycles. The maximum atomic E-state index is 12.8. The Hall–Kier alpha value is -2.20.